The number of anilines is 1. The molecule has 0 unspecified atom stereocenters. The number of piperazine rings is 1. The first kappa shape index (κ1) is 25.3. The number of nitrogens with one attached hydrogen (secondary N) is 1. The fraction of sp³-hybridized carbons (Fsp3) is 0.619. The van der Waals surface area contributed by atoms with Gasteiger partial charge in [-0.15, -0.1) is 12.4 Å². The predicted octanol–water partition coefficient (Wildman–Crippen LogP) is 4.22. The van der Waals surface area contributed by atoms with E-state index in [4.69, 9.17) is 4.74 Å². The molecule has 0 bridgehead atoms. The van der Waals surface area contributed by atoms with Crippen LogP contribution in [0.4, 0.5) is 23.7 Å². The summed E-state index contributed by atoms with van der Waals surface area (Å²) in [5, 5.41) is 2.28. The number of hydrogen-bond donors (Lipinski definition) is 1. The molecule has 6 nitrogen and oxygen atoms in total. The summed E-state index contributed by atoms with van der Waals surface area (Å²) in [6, 6.07) is 5.33. The predicted molar refractivity (Wildman–Crippen MR) is 113 cm³/mol. The second-order valence-electron chi connectivity index (χ2n) is 7.84. The number of imide groups is 1. The standard InChI is InChI=1S/C21H28F3N3O3.ClH/c22-21(23,24)16-5-4-6-17(15-16)27-13-11-26(12-14-27)10-9-19(28)25-20(29)30-18-7-2-1-3-8-18;/h4-6,15,18H,1-3,7-14H2,(H,25,28,29);1H. The molecule has 1 aliphatic carbocycles. The molecule has 0 aromatic heterocycles. The van der Waals surface area contributed by atoms with Crippen LogP contribution < -0.4 is 10.2 Å². The second-order valence-corrected chi connectivity index (χ2v) is 7.84. The fourth-order valence-corrected chi connectivity index (χ4v) is 3.91. The van der Waals surface area contributed by atoms with Crippen molar-refractivity contribution in [3.8, 4) is 0 Å². The van der Waals surface area contributed by atoms with Crippen LogP contribution >= 0.6 is 12.4 Å². The quantitative estimate of drug-likeness (QED) is 0.708. The molecule has 1 N–H and O–H groups in total. The van der Waals surface area contributed by atoms with Crippen LogP contribution in [0.3, 0.4) is 0 Å². The minimum Gasteiger partial charge on any atom is -0.446 e. The van der Waals surface area contributed by atoms with E-state index in [1.165, 1.54) is 12.1 Å². The smallest absolute Gasteiger partial charge is 0.416 e. The zero-order chi connectivity index (χ0) is 21.6. The molecule has 1 heterocycles. The number of carbonyl (C=O) groups is 2. The maximum Gasteiger partial charge on any atom is 0.416 e. The maximum atomic E-state index is 12.9. The van der Waals surface area contributed by atoms with Crippen LogP contribution in [0.1, 0.15) is 44.1 Å². The van der Waals surface area contributed by atoms with Gasteiger partial charge < -0.3 is 9.64 Å². The van der Waals surface area contributed by atoms with E-state index in [-0.39, 0.29) is 30.8 Å². The molecule has 31 heavy (non-hydrogen) atoms. The van der Waals surface area contributed by atoms with E-state index in [0.717, 1.165) is 38.2 Å². The first-order valence-electron chi connectivity index (χ1n) is 10.5. The van der Waals surface area contributed by atoms with Crippen molar-refractivity contribution in [1.82, 2.24) is 10.2 Å². The van der Waals surface area contributed by atoms with Gasteiger partial charge in [0, 0.05) is 44.8 Å². The Balaban J connectivity index is 0.00000341. The number of carbonyl (C=O) groups excluding carboxylic acids is 2. The second kappa shape index (κ2) is 11.6. The molecule has 1 saturated carbocycles. The third-order valence-electron chi connectivity index (χ3n) is 5.63. The Morgan fingerprint density at radius 2 is 1.74 bits per heavy atom. The van der Waals surface area contributed by atoms with Gasteiger partial charge in [0.25, 0.3) is 0 Å². The van der Waals surface area contributed by atoms with Crippen LogP contribution in [0.15, 0.2) is 24.3 Å². The van der Waals surface area contributed by atoms with Gasteiger partial charge in [-0.3, -0.25) is 15.0 Å². The Kier molecular flexibility index (Phi) is 9.43. The summed E-state index contributed by atoms with van der Waals surface area (Å²) >= 11 is 0. The molecular formula is C21H29ClF3N3O3. The summed E-state index contributed by atoms with van der Waals surface area (Å²) < 4.78 is 44.0. The van der Waals surface area contributed by atoms with Crippen molar-refractivity contribution >= 4 is 30.1 Å². The summed E-state index contributed by atoms with van der Waals surface area (Å²) in [4.78, 5) is 27.8. The average Bonchev–Trinajstić information content (AvgIpc) is 2.73. The summed E-state index contributed by atoms with van der Waals surface area (Å²) in [7, 11) is 0. The number of hydrogen-bond acceptors (Lipinski definition) is 5. The van der Waals surface area contributed by atoms with Crippen LogP contribution in [0, 0.1) is 0 Å². The number of amides is 2. The minimum atomic E-state index is -4.36. The lowest BCUT2D eigenvalue weighted by Gasteiger charge is -2.36. The molecule has 0 radical (unpaired) electrons. The molecule has 0 spiro atoms. The van der Waals surface area contributed by atoms with Crippen LogP contribution in [-0.4, -0.2) is 55.7 Å². The molecule has 3 rings (SSSR count). The van der Waals surface area contributed by atoms with Crippen molar-refractivity contribution in [1.29, 1.82) is 0 Å². The van der Waals surface area contributed by atoms with Gasteiger partial charge in [-0.25, -0.2) is 4.79 Å². The summed E-state index contributed by atoms with van der Waals surface area (Å²) in [6.07, 6.45) is -0.0443. The van der Waals surface area contributed by atoms with Gasteiger partial charge in [0.2, 0.25) is 5.91 Å². The number of alkyl carbamates (subject to hydrolysis) is 1. The molecule has 1 aromatic carbocycles. The number of ether oxygens (including phenoxy) is 1. The topological polar surface area (TPSA) is 61.9 Å². The van der Waals surface area contributed by atoms with E-state index in [2.05, 4.69) is 10.2 Å². The van der Waals surface area contributed by atoms with Crippen LogP contribution in [0.5, 0.6) is 0 Å². The molecule has 2 fully saturated rings. The molecule has 10 heteroatoms. The number of rotatable bonds is 5. The third-order valence-corrected chi connectivity index (χ3v) is 5.63. The Morgan fingerprint density at radius 1 is 1.06 bits per heavy atom. The van der Waals surface area contributed by atoms with E-state index >= 15 is 0 Å². The summed E-state index contributed by atoms with van der Waals surface area (Å²) in [5.74, 6) is -0.379. The molecule has 1 aliphatic heterocycles. The fourth-order valence-electron chi connectivity index (χ4n) is 3.91. The number of nitrogens with zero attached hydrogens (tertiary/aromatic N) is 2. The molecule has 2 amide bonds. The first-order valence-corrected chi connectivity index (χ1v) is 10.5. The van der Waals surface area contributed by atoms with Gasteiger partial charge >= 0.3 is 12.3 Å². The first-order chi connectivity index (χ1) is 14.3. The van der Waals surface area contributed by atoms with Crippen molar-refractivity contribution in [2.24, 2.45) is 0 Å². The molecule has 1 saturated heterocycles. The normalized spacial score (nSPS) is 18.2. The van der Waals surface area contributed by atoms with Crippen molar-refractivity contribution in [3.63, 3.8) is 0 Å². The van der Waals surface area contributed by atoms with E-state index in [9.17, 15) is 22.8 Å². The Bertz CT molecular complexity index is 734. The Hall–Kier alpha value is -2.00. The lowest BCUT2D eigenvalue weighted by Crippen LogP contribution is -2.47. The highest BCUT2D eigenvalue weighted by molar-refractivity contribution is 5.91. The molecule has 174 valence electrons. The molecule has 2 aliphatic rings. The van der Waals surface area contributed by atoms with Crippen LogP contribution in [0.2, 0.25) is 0 Å². The van der Waals surface area contributed by atoms with Crippen LogP contribution in [0.25, 0.3) is 0 Å². The Labute approximate surface area is 186 Å². The molecule has 1 aromatic rings. The lowest BCUT2D eigenvalue weighted by molar-refractivity contribution is -0.137. The van der Waals surface area contributed by atoms with Gasteiger partial charge in [0.15, 0.2) is 0 Å². The zero-order valence-electron chi connectivity index (χ0n) is 17.3. The van der Waals surface area contributed by atoms with Gasteiger partial charge in [-0.1, -0.05) is 12.5 Å². The van der Waals surface area contributed by atoms with Crippen molar-refractivity contribution < 1.29 is 27.5 Å². The summed E-state index contributed by atoms with van der Waals surface area (Å²) in [5.41, 5.74) is -0.105. The monoisotopic (exact) mass is 463 g/mol. The van der Waals surface area contributed by atoms with E-state index in [1.807, 2.05) is 4.90 Å². The van der Waals surface area contributed by atoms with Crippen molar-refractivity contribution in [3.05, 3.63) is 29.8 Å². The van der Waals surface area contributed by atoms with Gasteiger partial charge in [-0.05, 0) is 43.9 Å². The third kappa shape index (κ3) is 7.88. The molecular weight excluding hydrogens is 435 g/mol. The highest BCUT2D eigenvalue weighted by atomic mass is 35.5. The highest BCUT2D eigenvalue weighted by Gasteiger charge is 2.31. The van der Waals surface area contributed by atoms with Crippen LogP contribution in [-0.2, 0) is 15.7 Å². The number of halogens is 4. The van der Waals surface area contributed by atoms with E-state index in [0.29, 0.717) is 38.4 Å². The van der Waals surface area contributed by atoms with E-state index in [1.54, 1.807) is 6.07 Å². The highest BCUT2D eigenvalue weighted by Crippen LogP contribution is 2.31. The lowest BCUT2D eigenvalue weighted by atomic mass is 9.98. The van der Waals surface area contributed by atoms with Crippen molar-refractivity contribution in [2.45, 2.75) is 50.8 Å². The van der Waals surface area contributed by atoms with E-state index < -0.39 is 17.8 Å². The molecule has 0 atom stereocenters. The number of benzene rings is 1. The van der Waals surface area contributed by atoms with Gasteiger partial charge in [0.1, 0.15) is 6.10 Å². The zero-order valence-corrected chi connectivity index (χ0v) is 18.1. The minimum absolute atomic E-state index is 0. The Morgan fingerprint density at radius 3 is 2.39 bits per heavy atom. The van der Waals surface area contributed by atoms with Gasteiger partial charge in [-0.2, -0.15) is 13.2 Å². The summed E-state index contributed by atoms with van der Waals surface area (Å²) in [6.45, 7) is 2.91. The van der Waals surface area contributed by atoms with Crippen molar-refractivity contribution in [2.75, 3.05) is 37.6 Å². The maximum absolute atomic E-state index is 12.9. The average molecular weight is 464 g/mol. The number of alkyl halides is 3. The van der Waals surface area contributed by atoms with Gasteiger partial charge in [0.05, 0.1) is 5.56 Å². The largest absolute Gasteiger partial charge is 0.446 e. The SMILES string of the molecule is Cl.O=C(CCN1CCN(c2cccc(C(F)(F)F)c2)CC1)NC(=O)OC1CCCCC1.